The molecule has 2 fully saturated rings. The molecule has 2 N–H and O–H groups in total. The fraction of sp³-hybridized carbons (Fsp3) is 0.786. The van der Waals surface area contributed by atoms with Gasteiger partial charge in [0.2, 0.25) is 0 Å². The van der Waals surface area contributed by atoms with Crippen molar-refractivity contribution >= 4 is 0 Å². The summed E-state index contributed by atoms with van der Waals surface area (Å²) >= 11 is 0. The maximum Gasteiger partial charge on any atom is 0.0536 e. The minimum atomic E-state index is 0.434. The third-order valence-corrected chi connectivity index (χ3v) is 4.51. The highest BCUT2D eigenvalue weighted by Crippen LogP contribution is 2.33. The third kappa shape index (κ3) is 2.45. The second-order valence-electron chi connectivity index (χ2n) is 5.99. The van der Waals surface area contributed by atoms with Crippen molar-refractivity contribution in [2.24, 2.45) is 5.73 Å². The first-order valence-electron chi connectivity index (χ1n) is 7.23. The number of nitrogens with two attached hydrogens (primary N) is 1. The Bertz CT molecular complexity index is 386. The van der Waals surface area contributed by atoms with E-state index in [0.717, 1.165) is 25.2 Å². The predicted octanol–water partition coefficient (Wildman–Crippen LogP) is 1.54. The Hall–Kier alpha value is -0.870. The van der Waals surface area contributed by atoms with Gasteiger partial charge in [0.15, 0.2) is 0 Å². The number of rotatable bonds is 3. The lowest BCUT2D eigenvalue weighted by Crippen LogP contribution is -2.55. The number of aryl methyl sites for hydroxylation is 1. The number of nitrogens with zero attached hydrogens (tertiary/aromatic N) is 3. The molecule has 0 amide bonds. The van der Waals surface area contributed by atoms with Crippen LogP contribution in [0.1, 0.15) is 37.7 Å². The maximum absolute atomic E-state index is 6.15. The van der Waals surface area contributed by atoms with Crippen LogP contribution >= 0.6 is 0 Å². The van der Waals surface area contributed by atoms with E-state index in [1.54, 1.807) is 0 Å². The zero-order valence-electron chi connectivity index (χ0n) is 11.3. The first-order valence-corrected chi connectivity index (χ1v) is 7.23. The van der Waals surface area contributed by atoms with Crippen molar-refractivity contribution in [3.05, 3.63) is 18.0 Å². The van der Waals surface area contributed by atoms with Gasteiger partial charge in [-0.15, -0.1) is 0 Å². The molecule has 100 valence electrons. The van der Waals surface area contributed by atoms with Crippen LogP contribution < -0.4 is 5.73 Å². The smallest absolute Gasteiger partial charge is 0.0536 e. The molecule has 3 rings (SSSR count). The second kappa shape index (κ2) is 5.02. The lowest BCUT2D eigenvalue weighted by Gasteiger charge is -2.48. The SMILES string of the molecule is Cc1cnn(CCN2C3CCCC2CC(N)C3)c1. The Kier molecular flexibility index (Phi) is 3.39. The van der Waals surface area contributed by atoms with E-state index in [9.17, 15) is 0 Å². The Morgan fingerprint density at radius 3 is 2.61 bits per heavy atom. The highest BCUT2D eigenvalue weighted by molar-refractivity contribution is 4.99. The molecule has 2 aliphatic rings. The third-order valence-electron chi connectivity index (χ3n) is 4.51. The van der Waals surface area contributed by atoms with Gasteiger partial charge in [-0.3, -0.25) is 9.58 Å². The first-order chi connectivity index (χ1) is 8.72. The van der Waals surface area contributed by atoms with Crippen molar-refractivity contribution in [3.63, 3.8) is 0 Å². The van der Waals surface area contributed by atoms with Crippen molar-refractivity contribution in [1.82, 2.24) is 14.7 Å². The summed E-state index contributed by atoms with van der Waals surface area (Å²) in [5, 5.41) is 4.37. The molecule has 2 aliphatic heterocycles. The molecule has 1 aromatic rings. The molecule has 2 bridgehead atoms. The topological polar surface area (TPSA) is 47.1 Å². The summed E-state index contributed by atoms with van der Waals surface area (Å²) in [7, 11) is 0. The van der Waals surface area contributed by atoms with E-state index in [1.807, 2.05) is 6.20 Å². The number of aromatic nitrogens is 2. The van der Waals surface area contributed by atoms with Crippen LogP contribution in [0.5, 0.6) is 0 Å². The predicted molar refractivity (Wildman–Crippen MR) is 72.3 cm³/mol. The van der Waals surface area contributed by atoms with Gasteiger partial charge in [0.1, 0.15) is 0 Å². The van der Waals surface area contributed by atoms with Crippen LogP contribution in [0.3, 0.4) is 0 Å². The molecule has 3 heterocycles. The molecule has 4 nitrogen and oxygen atoms in total. The molecule has 2 saturated heterocycles. The van der Waals surface area contributed by atoms with Crippen LogP contribution in [-0.2, 0) is 6.54 Å². The molecule has 2 unspecified atom stereocenters. The highest BCUT2D eigenvalue weighted by Gasteiger charge is 2.36. The summed E-state index contributed by atoms with van der Waals surface area (Å²) in [6.07, 6.45) is 10.5. The Morgan fingerprint density at radius 2 is 2.00 bits per heavy atom. The Morgan fingerprint density at radius 1 is 1.28 bits per heavy atom. The lowest BCUT2D eigenvalue weighted by atomic mass is 9.82. The van der Waals surface area contributed by atoms with E-state index in [4.69, 9.17) is 5.73 Å². The van der Waals surface area contributed by atoms with Gasteiger partial charge in [0, 0.05) is 30.9 Å². The molecule has 0 radical (unpaired) electrons. The van der Waals surface area contributed by atoms with Crippen molar-refractivity contribution in [2.45, 2.75) is 63.7 Å². The Balaban J connectivity index is 1.61. The molecule has 0 saturated carbocycles. The van der Waals surface area contributed by atoms with Crippen LogP contribution in [0.15, 0.2) is 12.4 Å². The molecule has 0 aliphatic carbocycles. The minimum Gasteiger partial charge on any atom is -0.328 e. The minimum absolute atomic E-state index is 0.434. The van der Waals surface area contributed by atoms with Crippen molar-refractivity contribution in [3.8, 4) is 0 Å². The van der Waals surface area contributed by atoms with Crippen LogP contribution in [-0.4, -0.2) is 39.4 Å². The Labute approximate surface area is 109 Å². The van der Waals surface area contributed by atoms with E-state index in [-0.39, 0.29) is 0 Å². The van der Waals surface area contributed by atoms with Crippen LogP contribution in [0.4, 0.5) is 0 Å². The normalized spacial score (nSPS) is 32.7. The molecule has 0 spiro atoms. The second-order valence-corrected chi connectivity index (χ2v) is 5.99. The first kappa shape index (κ1) is 12.2. The number of piperidine rings is 2. The average Bonchev–Trinajstić information content (AvgIpc) is 2.72. The molecular weight excluding hydrogens is 224 g/mol. The van der Waals surface area contributed by atoms with Crippen LogP contribution in [0.25, 0.3) is 0 Å². The van der Waals surface area contributed by atoms with Gasteiger partial charge in [-0.1, -0.05) is 6.42 Å². The van der Waals surface area contributed by atoms with E-state index in [0.29, 0.717) is 6.04 Å². The summed E-state index contributed by atoms with van der Waals surface area (Å²) in [6.45, 7) is 4.23. The summed E-state index contributed by atoms with van der Waals surface area (Å²) in [5.74, 6) is 0. The zero-order valence-corrected chi connectivity index (χ0v) is 11.3. The maximum atomic E-state index is 6.15. The molecular formula is C14H24N4. The lowest BCUT2D eigenvalue weighted by molar-refractivity contribution is 0.0281. The highest BCUT2D eigenvalue weighted by atomic mass is 15.3. The summed E-state index contributed by atoms with van der Waals surface area (Å²) in [6, 6.07) is 1.89. The van der Waals surface area contributed by atoms with Crippen molar-refractivity contribution in [1.29, 1.82) is 0 Å². The van der Waals surface area contributed by atoms with Gasteiger partial charge in [0.25, 0.3) is 0 Å². The fourth-order valence-corrected chi connectivity index (χ4v) is 3.69. The zero-order chi connectivity index (χ0) is 12.5. The van der Waals surface area contributed by atoms with Gasteiger partial charge in [0.05, 0.1) is 12.7 Å². The summed E-state index contributed by atoms with van der Waals surface area (Å²) < 4.78 is 2.07. The number of fused-ring (bicyclic) bond motifs is 2. The number of hydrogen-bond acceptors (Lipinski definition) is 3. The largest absolute Gasteiger partial charge is 0.328 e. The molecule has 1 aromatic heterocycles. The van der Waals surface area contributed by atoms with Crippen LogP contribution in [0, 0.1) is 6.92 Å². The average molecular weight is 248 g/mol. The molecule has 0 aromatic carbocycles. The van der Waals surface area contributed by atoms with Gasteiger partial charge in [-0.05, 0) is 38.2 Å². The molecule has 18 heavy (non-hydrogen) atoms. The standard InChI is InChI=1S/C14H24N4/c1-11-9-16-17(10-11)5-6-18-13-3-2-4-14(18)8-12(15)7-13/h9-10,12-14H,2-8,15H2,1H3. The molecule has 2 atom stereocenters. The van der Waals surface area contributed by atoms with Gasteiger partial charge < -0.3 is 5.73 Å². The monoisotopic (exact) mass is 248 g/mol. The van der Waals surface area contributed by atoms with Gasteiger partial charge >= 0.3 is 0 Å². The fourth-order valence-electron chi connectivity index (χ4n) is 3.69. The van der Waals surface area contributed by atoms with Crippen LogP contribution in [0.2, 0.25) is 0 Å². The van der Waals surface area contributed by atoms with E-state index >= 15 is 0 Å². The van der Waals surface area contributed by atoms with Crippen molar-refractivity contribution < 1.29 is 0 Å². The quantitative estimate of drug-likeness (QED) is 0.882. The van der Waals surface area contributed by atoms with Crippen molar-refractivity contribution in [2.75, 3.05) is 6.54 Å². The van der Waals surface area contributed by atoms with Gasteiger partial charge in [-0.25, -0.2) is 0 Å². The summed E-state index contributed by atoms with van der Waals surface area (Å²) in [5.41, 5.74) is 7.40. The van der Waals surface area contributed by atoms with Gasteiger partial charge in [-0.2, -0.15) is 5.10 Å². The summed E-state index contributed by atoms with van der Waals surface area (Å²) in [4.78, 5) is 2.70. The molecule has 4 heteroatoms. The van der Waals surface area contributed by atoms with E-state index < -0.39 is 0 Å². The van der Waals surface area contributed by atoms with E-state index in [2.05, 4.69) is 27.8 Å². The number of hydrogen-bond donors (Lipinski definition) is 1. The van der Waals surface area contributed by atoms with E-state index in [1.165, 1.54) is 37.7 Å².